The smallest absolute Gasteiger partial charge is 0.240 e. The van der Waals surface area contributed by atoms with Crippen LogP contribution in [0.2, 0.25) is 0 Å². The molecule has 0 saturated heterocycles. The summed E-state index contributed by atoms with van der Waals surface area (Å²) in [6.45, 7) is 1.18. The topological polar surface area (TPSA) is 67.2 Å². The molecule has 20 heavy (non-hydrogen) atoms. The van der Waals surface area contributed by atoms with E-state index in [1.165, 1.54) is 0 Å². The average molecular weight is 293 g/mol. The van der Waals surface area contributed by atoms with Gasteiger partial charge in [0.25, 0.3) is 0 Å². The van der Waals surface area contributed by atoms with Gasteiger partial charge in [-0.05, 0) is 24.3 Å². The molecule has 0 saturated carbocycles. The number of aliphatic hydroxyl groups is 1. The lowest BCUT2D eigenvalue weighted by Crippen LogP contribution is -2.29. The van der Waals surface area contributed by atoms with Crippen LogP contribution in [-0.2, 0) is 11.3 Å². The molecule has 1 aromatic carbocycles. The van der Waals surface area contributed by atoms with Gasteiger partial charge in [0.2, 0.25) is 5.91 Å². The van der Waals surface area contributed by atoms with E-state index < -0.39 is 0 Å². The van der Waals surface area contributed by atoms with Gasteiger partial charge in [-0.25, -0.2) is 4.98 Å². The fourth-order valence-corrected chi connectivity index (χ4v) is 2.66. The Morgan fingerprint density at radius 2 is 2.20 bits per heavy atom. The van der Waals surface area contributed by atoms with Crippen LogP contribution in [0.1, 0.15) is 6.42 Å². The third-order valence-electron chi connectivity index (χ3n) is 2.86. The normalized spacial score (nSPS) is 10.8. The Morgan fingerprint density at radius 1 is 1.35 bits per heavy atom. The molecule has 0 aliphatic carbocycles. The Hall–Kier alpha value is -1.53. The van der Waals surface area contributed by atoms with Crippen LogP contribution in [0.3, 0.4) is 0 Å². The Bertz CT molecular complexity index is 556. The summed E-state index contributed by atoms with van der Waals surface area (Å²) in [6, 6.07) is 7.77. The highest BCUT2D eigenvalue weighted by molar-refractivity contribution is 7.99. The second kappa shape index (κ2) is 7.91. The molecule has 1 amide bonds. The molecule has 0 bridgehead atoms. The molecule has 0 radical (unpaired) electrons. The van der Waals surface area contributed by atoms with E-state index in [1.807, 2.05) is 28.8 Å². The number of nitrogens with zero attached hydrogens (tertiary/aromatic N) is 2. The van der Waals surface area contributed by atoms with Crippen LogP contribution in [-0.4, -0.2) is 45.2 Å². The number of thioether (sulfide) groups is 1. The molecular formula is C14H19N3O2S. The summed E-state index contributed by atoms with van der Waals surface area (Å²) in [6.07, 6.45) is 2.50. The van der Waals surface area contributed by atoms with Gasteiger partial charge in [0.1, 0.15) is 6.54 Å². The van der Waals surface area contributed by atoms with Gasteiger partial charge in [-0.1, -0.05) is 12.1 Å². The molecule has 1 heterocycles. The van der Waals surface area contributed by atoms with Crippen molar-refractivity contribution in [2.24, 2.45) is 0 Å². The lowest BCUT2D eigenvalue weighted by molar-refractivity contribution is -0.121. The lowest BCUT2D eigenvalue weighted by atomic mass is 10.3. The molecular weight excluding hydrogens is 274 g/mol. The van der Waals surface area contributed by atoms with Crippen LogP contribution in [0.25, 0.3) is 11.0 Å². The lowest BCUT2D eigenvalue weighted by Gasteiger charge is -2.06. The fraction of sp³-hybridized carbons (Fsp3) is 0.429. The van der Waals surface area contributed by atoms with Gasteiger partial charge in [0.15, 0.2) is 0 Å². The first kappa shape index (κ1) is 14.9. The third kappa shape index (κ3) is 4.25. The number of nitrogens with one attached hydrogen (secondary N) is 1. The number of amides is 1. The van der Waals surface area contributed by atoms with Crippen LogP contribution in [0, 0.1) is 0 Å². The number of carbonyl (C=O) groups excluding carboxylic acids is 1. The number of hydrogen-bond donors (Lipinski definition) is 2. The van der Waals surface area contributed by atoms with Crippen molar-refractivity contribution in [3.8, 4) is 0 Å². The number of rotatable bonds is 8. The highest BCUT2D eigenvalue weighted by atomic mass is 32.2. The molecule has 2 aromatic rings. The van der Waals surface area contributed by atoms with Crippen molar-refractivity contribution in [1.82, 2.24) is 14.9 Å². The number of hydrogen-bond acceptors (Lipinski definition) is 4. The number of carbonyl (C=O) groups is 1. The Balaban J connectivity index is 1.74. The van der Waals surface area contributed by atoms with E-state index in [0.29, 0.717) is 13.1 Å². The van der Waals surface area contributed by atoms with E-state index >= 15 is 0 Å². The molecule has 0 aliphatic rings. The third-order valence-corrected chi connectivity index (χ3v) is 3.93. The SMILES string of the molecule is O=C(Cn1cnc2ccccc21)NCCSCCCO. The minimum Gasteiger partial charge on any atom is -0.396 e. The highest BCUT2D eigenvalue weighted by Gasteiger charge is 2.06. The van der Waals surface area contributed by atoms with Crippen LogP contribution in [0.5, 0.6) is 0 Å². The van der Waals surface area contributed by atoms with E-state index in [4.69, 9.17) is 5.11 Å². The highest BCUT2D eigenvalue weighted by Crippen LogP contribution is 2.11. The predicted octanol–water partition coefficient (Wildman–Crippen LogP) is 1.27. The van der Waals surface area contributed by atoms with E-state index in [0.717, 1.165) is 29.0 Å². The second-order valence-electron chi connectivity index (χ2n) is 4.40. The van der Waals surface area contributed by atoms with Crippen molar-refractivity contribution in [3.05, 3.63) is 30.6 Å². The minimum absolute atomic E-state index is 0.00379. The Kier molecular flexibility index (Phi) is 5.88. The van der Waals surface area contributed by atoms with Gasteiger partial charge in [0, 0.05) is 18.9 Å². The zero-order valence-corrected chi connectivity index (χ0v) is 12.1. The maximum atomic E-state index is 11.8. The summed E-state index contributed by atoms with van der Waals surface area (Å²) in [4.78, 5) is 16.1. The maximum Gasteiger partial charge on any atom is 0.240 e. The maximum absolute atomic E-state index is 11.8. The standard InChI is InChI=1S/C14H19N3O2S/c18-7-3-8-20-9-6-15-14(19)10-17-11-16-12-4-1-2-5-13(12)17/h1-2,4-5,11,18H,3,6-10H2,(H,15,19). The van der Waals surface area contributed by atoms with Crippen molar-refractivity contribution >= 4 is 28.7 Å². The van der Waals surface area contributed by atoms with E-state index in [9.17, 15) is 4.79 Å². The second-order valence-corrected chi connectivity index (χ2v) is 5.63. The summed E-state index contributed by atoms with van der Waals surface area (Å²) < 4.78 is 1.85. The number of imidazole rings is 1. The molecule has 0 aliphatic heterocycles. The van der Waals surface area contributed by atoms with Gasteiger partial charge < -0.3 is 15.0 Å². The molecule has 0 unspecified atom stereocenters. The number of aliphatic hydroxyl groups excluding tert-OH is 1. The molecule has 6 heteroatoms. The summed E-state index contributed by atoms with van der Waals surface area (Å²) in [7, 11) is 0. The summed E-state index contributed by atoms with van der Waals surface area (Å²) in [5, 5.41) is 11.5. The number of aromatic nitrogens is 2. The molecule has 108 valence electrons. The zero-order valence-electron chi connectivity index (χ0n) is 11.3. The molecule has 1 aromatic heterocycles. The van der Waals surface area contributed by atoms with Gasteiger partial charge in [-0.15, -0.1) is 0 Å². The van der Waals surface area contributed by atoms with Crippen LogP contribution in [0.4, 0.5) is 0 Å². The first-order valence-corrected chi connectivity index (χ1v) is 7.82. The molecule has 2 rings (SSSR count). The van der Waals surface area contributed by atoms with Gasteiger partial charge in [-0.2, -0.15) is 11.8 Å². The van der Waals surface area contributed by atoms with E-state index in [2.05, 4.69) is 10.3 Å². The summed E-state index contributed by atoms with van der Waals surface area (Å²) in [5.41, 5.74) is 1.87. The van der Waals surface area contributed by atoms with Gasteiger partial charge >= 0.3 is 0 Å². The zero-order chi connectivity index (χ0) is 14.2. The van der Waals surface area contributed by atoms with Crippen LogP contribution >= 0.6 is 11.8 Å². The largest absolute Gasteiger partial charge is 0.396 e. The molecule has 0 spiro atoms. The molecule has 0 atom stereocenters. The monoisotopic (exact) mass is 293 g/mol. The van der Waals surface area contributed by atoms with Crippen LogP contribution in [0.15, 0.2) is 30.6 Å². The van der Waals surface area contributed by atoms with E-state index in [1.54, 1.807) is 18.1 Å². The van der Waals surface area contributed by atoms with Crippen molar-refractivity contribution < 1.29 is 9.90 Å². The molecule has 0 fully saturated rings. The summed E-state index contributed by atoms with van der Waals surface area (Å²) >= 11 is 1.74. The van der Waals surface area contributed by atoms with Gasteiger partial charge in [0.05, 0.1) is 17.4 Å². The molecule has 2 N–H and O–H groups in total. The first-order chi connectivity index (χ1) is 9.81. The van der Waals surface area contributed by atoms with Crippen molar-refractivity contribution in [2.45, 2.75) is 13.0 Å². The van der Waals surface area contributed by atoms with Gasteiger partial charge in [-0.3, -0.25) is 4.79 Å². The number of para-hydroxylation sites is 2. The first-order valence-electron chi connectivity index (χ1n) is 6.66. The quantitative estimate of drug-likeness (QED) is 0.719. The minimum atomic E-state index is -0.00379. The number of fused-ring (bicyclic) bond motifs is 1. The summed E-state index contributed by atoms with van der Waals surface area (Å²) in [5.74, 6) is 1.80. The molecule has 5 nitrogen and oxygen atoms in total. The fourth-order valence-electron chi connectivity index (χ4n) is 1.88. The number of benzene rings is 1. The Morgan fingerprint density at radius 3 is 3.05 bits per heavy atom. The predicted molar refractivity (Wildman–Crippen MR) is 81.8 cm³/mol. The van der Waals surface area contributed by atoms with Crippen molar-refractivity contribution in [1.29, 1.82) is 0 Å². The average Bonchev–Trinajstić information content (AvgIpc) is 2.86. The Labute approximate surface area is 122 Å². The van der Waals surface area contributed by atoms with Crippen LogP contribution < -0.4 is 5.32 Å². The van der Waals surface area contributed by atoms with Crippen molar-refractivity contribution in [2.75, 3.05) is 24.7 Å². The van der Waals surface area contributed by atoms with E-state index in [-0.39, 0.29) is 12.5 Å². The van der Waals surface area contributed by atoms with Crippen molar-refractivity contribution in [3.63, 3.8) is 0 Å².